The van der Waals surface area contributed by atoms with E-state index in [2.05, 4.69) is 11.9 Å². The van der Waals surface area contributed by atoms with Crippen LogP contribution in [0.25, 0.3) is 0 Å². The Morgan fingerprint density at radius 1 is 1.38 bits per heavy atom. The SMILES string of the molecule is C=CCSCCNC(=O)N(C)C1(CC(=O)O)CCCCC1. The first-order valence-electron chi connectivity index (χ1n) is 7.44. The van der Waals surface area contributed by atoms with Crippen LogP contribution in [0.15, 0.2) is 12.7 Å². The van der Waals surface area contributed by atoms with E-state index in [1.165, 1.54) is 0 Å². The molecule has 0 bridgehead atoms. The molecular formula is C15H26N2O3S. The fourth-order valence-electron chi connectivity index (χ4n) is 2.85. The molecule has 0 aromatic rings. The van der Waals surface area contributed by atoms with Crippen molar-refractivity contribution in [1.82, 2.24) is 10.2 Å². The molecule has 0 unspecified atom stereocenters. The minimum absolute atomic E-state index is 0.0299. The van der Waals surface area contributed by atoms with Crippen LogP contribution >= 0.6 is 11.8 Å². The average molecular weight is 314 g/mol. The van der Waals surface area contributed by atoms with E-state index in [-0.39, 0.29) is 12.5 Å². The van der Waals surface area contributed by atoms with Crippen LogP contribution in [0.4, 0.5) is 4.79 Å². The molecule has 120 valence electrons. The highest BCUT2D eigenvalue weighted by Crippen LogP contribution is 2.35. The van der Waals surface area contributed by atoms with Gasteiger partial charge in [-0.2, -0.15) is 11.8 Å². The van der Waals surface area contributed by atoms with Gasteiger partial charge in [0.1, 0.15) is 0 Å². The molecule has 0 atom stereocenters. The lowest BCUT2D eigenvalue weighted by Gasteiger charge is -2.43. The number of urea groups is 1. The van der Waals surface area contributed by atoms with Gasteiger partial charge in [0, 0.05) is 25.1 Å². The number of carbonyl (C=O) groups is 2. The molecule has 0 aromatic heterocycles. The van der Waals surface area contributed by atoms with Gasteiger partial charge in [0.2, 0.25) is 0 Å². The lowest BCUT2D eigenvalue weighted by Crippen LogP contribution is -2.55. The van der Waals surface area contributed by atoms with E-state index >= 15 is 0 Å². The summed E-state index contributed by atoms with van der Waals surface area (Å²) in [4.78, 5) is 25.0. The molecule has 2 N–H and O–H groups in total. The van der Waals surface area contributed by atoms with Crippen LogP contribution in [-0.2, 0) is 4.79 Å². The van der Waals surface area contributed by atoms with Gasteiger partial charge < -0.3 is 15.3 Å². The number of nitrogens with zero attached hydrogens (tertiary/aromatic N) is 1. The largest absolute Gasteiger partial charge is 0.481 e. The van der Waals surface area contributed by atoms with Crippen LogP contribution in [0.2, 0.25) is 0 Å². The van der Waals surface area contributed by atoms with E-state index in [0.29, 0.717) is 6.54 Å². The lowest BCUT2D eigenvalue weighted by molar-refractivity contribution is -0.140. The first kappa shape index (κ1) is 17.9. The van der Waals surface area contributed by atoms with Crippen LogP contribution in [-0.4, -0.2) is 52.6 Å². The molecule has 1 rings (SSSR count). The molecule has 0 heterocycles. The second-order valence-corrected chi connectivity index (χ2v) is 6.66. The highest BCUT2D eigenvalue weighted by Gasteiger charge is 2.40. The summed E-state index contributed by atoms with van der Waals surface area (Å²) in [5.74, 6) is 0.865. The maximum Gasteiger partial charge on any atom is 0.317 e. The Balaban J connectivity index is 2.54. The second kappa shape index (κ2) is 8.97. The van der Waals surface area contributed by atoms with E-state index < -0.39 is 11.5 Å². The van der Waals surface area contributed by atoms with E-state index in [4.69, 9.17) is 5.11 Å². The maximum absolute atomic E-state index is 12.3. The summed E-state index contributed by atoms with van der Waals surface area (Å²) in [6.07, 6.45) is 6.50. The van der Waals surface area contributed by atoms with E-state index in [0.717, 1.165) is 43.6 Å². The highest BCUT2D eigenvalue weighted by molar-refractivity contribution is 7.99. The number of thioether (sulfide) groups is 1. The monoisotopic (exact) mass is 314 g/mol. The molecular weight excluding hydrogens is 288 g/mol. The highest BCUT2D eigenvalue weighted by atomic mass is 32.2. The fourth-order valence-corrected chi connectivity index (χ4v) is 3.43. The Bertz CT molecular complexity index is 368. The third-order valence-electron chi connectivity index (χ3n) is 4.04. The Morgan fingerprint density at radius 3 is 2.62 bits per heavy atom. The van der Waals surface area contributed by atoms with Gasteiger partial charge in [-0.15, -0.1) is 6.58 Å². The molecule has 0 radical (unpaired) electrons. The van der Waals surface area contributed by atoms with Crippen LogP contribution in [0.5, 0.6) is 0 Å². The number of hydrogen-bond acceptors (Lipinski definition) is 3. The number of aliphatic carboxylic acids is 1. The quantitative estimate of drug-likeness (QED) is 0.534. The van der Waals surface area contributed by atoms with Crippen LogP contribution in [0.3, 0.4) is 0 Å². The Labute approximate surface area is 131 Å². The van der Waals surface area contributed by atoms with Crippen molar-refractivity contribution in [3.05, 3.63) is 12.7 Å². The van der Waals surface area contributed by atoms with Gasteiger partial charge in [-0.25, -0.2) is 4.79 Å². The number of amides is 2. The molecule has 6 heteroatoms. The van der Waals surface area contributed by atoms with Gasteiger partial charge in [-0.1, -0.05) is 25.3 Å². The number of hydrogen-bond donors (Lipinski definition) is 2. The average Bonchev–Trinajstić information content (AvgIpc) is 2.46. The minimum Gasteiger partial charge on any atom is -0.481 e. The predicted octanol–water partition coefficient (Wildman–Crippen LogP) is 2.72. The second-order valence-electron chi connectivity index (χ2n) is 5.51. The number of rotatable bonds is 8. The van der Waals surface area contributed by atoms with Crippen molar-refractivity contribution in [3.8, 4) is 0 Å². The van der Waals surface area contributed by atoms with Gasteiger partial charge in [-0.3, -0.25) is 4.79 Å². The van der Waals surface area contributed by atoms with Gasteiger partial charge >= 0.3 is 12.0 Å². The molecule has 0 aliphatic heterocycles. The van der Waals surface area contributed by atoms with Crippen molar-refractivity contribution in [2.24, 2.45) is 0 Å². The maximum atomic E-state index is 12.3. The van der Waals surface area contributed by atoms with Gasteiger partial charge in [-0.05, 0) is 12.8 Å². The lowest BCUT2D eigenvalue weighted by atomic mass is 9.78. The molecule has 0 aromatic carbocycles. The molecule has 1 saturated carbocycles. The molecule has 5 nitrogen and oxygen atoms in total. The number of nitrogens with one attached hydrogen (secondary N) is 1. The number of carbonyl (C=O) groups excluding carboxylic acids is 1. The summed E-state index contributed by atoms with van der Waals surface area (Å²) in [7, 11) is 1.72. The molecule has 0 saturated heterocycles. The molecule has 1 aliphatic rings. The molecule has 2 amide bonds. The first-order valence-corrected chi connectivity index (χ1v) is 8.59. The zero-order valence-corrected chi connectivity index (χ0v) is 13.6. The van der Waals surface area contributed by atoms with Gasteiger partial charge in [0.25, 0.3) is 0 Å². The van der Waals surface area contributed by atoms with E-state index in [1.54, 1.807) is 23.7 Å². The molecule has 1 aliphatic carbocycles. The zero-order valence-electron chi connectivity index (χ0n) is 12.8. The summed E-state index contributed by atoms with van der Waals surface area (Å²) in [5, 5.41) is 12.0. The fraction of sp³-hybridized carbons (Fsp3) is 0.733. The minimum atomic E-state index is -0.835. The molecule has 21 heavy (non-hydrogen) atoms. The van der Waals surface area contributed by atoms with Gasteiger partial charge in [0.05, 0.1) is 12.0 Å². The Morgan fingerprint density at radius 2 is 2.05 bits per heavy atom. The standard InChI is InChI=1S/C15H26N2O3S/c1-3-10-21-11-9-16-14(20)17(2)15(12-13(18)19)7-5-4-6-8-15/h3H,1,4-12H2,2H3,(H,16,20)(H,18,19). The smallest absolute Gasteiger partial charge is 0.317 e. The van der Waals surface area contributed by atoms with Crippen LogP contribution < -0.4 is 5.32 Å². The number of carboxylic acids is 1. The summed E-state index contributed by atoms with van der Waals surface area (Å²) < 4.78 is 0. The van der Waals surface area contributed by atoms with Gasteiger partial charge in [0.15, 0.2) is 0 Å². The summed E-state index contributed by atoms with van der Waals surface area (Å²) in [6.45, 7) is 4.24. The summed E-state index contributed by atoms with van der Waals surface area (Å²) >= 11 is 1.71. The van der Waals surface area contributed by atoms with Crippen molar-refractivity contribution < 1.29 is 14.7 Å². The molecule has 1 fully saturated rings. The van der Waals surface area contributed by atoms with E-state index in [9.17, 15) is 9.59 Å². The molecule has 0 spiro atoms. The summed E-state index contributed by atoms with van der Waals surface area (Å²) in [5.41, 5.74) is -0.525. The zero-order chi connectivity index (χ0) is 15.7. The van der Waals surface area contributed by atoms with Crippen molar-refractivity contribution in [2.75, 3.05) is 25.1 Å². The predicted molar refractivity (Wildman–Crippen MR) is 86.8 cm³/mol. The van der Waals surface area contributed by atoms with Crippen LogP contribution in [0.1, 0.15) is 38.5 Å². The van der Waals surface area contributed by atoms with Crippen molar-refractivity contribution >= 4 is 23.8 Å². The van der Waals surface area contributed by atoms with Crippen molar-refractivity contribution in [3.63, 3.8) is 0 Å². The van der Waals surface area contributed by atoms with E-state index in [1.807, 2.05) is 6.08 Å². The topological polar surface area (TPSA) is 69.6 Å². The summed E-state index contributed by atoms with van der Waals surface area (Å²) in [6, 6.07) is -0.169. The Kier molecular flexibility index (Phi) is 7.64. The first-order chi connectivity index (χ1) is 10.0. The third kappa shape index (κ3) is 5.61. The number of carboxylic acid groups (broad SMARTS) is 1. The normalized spacial score (nSPS) is 17.0. The third-order valence-corrected chi connectivity index (χ3v) is 5.00. The van der Waals surface area contributed by atoms with Crippen molar-refractivity contribution in [2.45, 2.75) is 44.1 Å². The van der Waals surface area contributed by atoms with Crippen molar-refractivity contribution in [1.29, 1.82) is 0 Å². The Hall–Kier alpha value is -1.17. The van der Waals surface area contributed by atoms with Crippen LogP contribution in [0, 0.1) is 0 Å².